The molecule has 0 aromatic heterocycles. The number of phenolic OH excluding ortho intramolecular Hbond substituents is 6. The van der Waals surface area contributed by atoms with Gasteiger partial charge in [-0.1, -0.05) is 151 Å². The third kappa shape index (κ3) is 17.6. The van der Waals surface area contributed by atoms with E-state index in [4.69, 9.17) is 14.2 Å². The Bertz CT molecular complexity index is 2440. The second kappa shape index (κ2) is 27.9. The predicted molar refractivity (Wildman–Crippen MR) is 274 cm³/mol. The monoisotopic (exact) mass is 947 g/mol. The Morgan fingerprint density at radius 1 is 0.338 bits per heavy atom. The fraction of sp³-hybridized carbons (Fsp3) is 0.158. The van der Waals surface area contributed by atoms with Crippen LogP contribution in [0, 0.1) is 0 Å². The van der Waals surface area contributed by atoms with Crippen molar-refractivity contribution in [2.45, 2.75) is 53.9 Å². The molecule has 8 aromatic rings. The van der Waals surface area contributed by atoms with Crippen LogP contribution in [0.25, 0.3) is 0 Å². The van der Waals surface area contributed by atoms with Gasteiger partial charge in [0.1, 0.15) is 46.0 Å². The average Bonchev–Trinajstić information content (AvgIpc) is 3.28. The Labute approximate surface area is 425 Å². The first-order chi connectivity index (χ1) is 30.5. The molecular weight excluding hydrogens is 883 g/mol. The Balaban J connectivity index is 0.000000468. The van der Waals surface area contributed by atoms with E-state index in [1.165, 1.54) is 6.66 Å². The predicted octanol–water partition coefficient (Wildman–Crippen LogP) is 11.9. The van der Waals surface area contributed by atoms with E-state index in [0.717, 1.165) is 27.8 Å². The molecule has 0 aliphatic heterocycles. The zero-order chi connectivity index (χ0) is 46.2. The minimum atomic E-state index is -3.14. The van der Waals surface area contributed by atoms with Crippen LogP contribution in [-0.2, 0) is 15.4 Å². The number of phenols is 6. The van der Waals surface area contributed by atoms with Gasteiger partial charge < -0.3 is 39.7 Å². The summed E-state index contributed by atoms with van der Waals surface area (Å²) >= 11 is 0. The zero-order valence-corrected chi connectivity index (χ0v) is 40.0. The van der Waals surface area contributed by atoms with Gasteiger partial charge in [-0.15, -0.1) is 0 Å². The van der Waals surface area contributed by atoms with Crippen LogP contribution in [0.4, 0.5) is 0 Å². The molecule has 9 nitrogen and oxygen atoms in total. The van der Waals surface area contributed by atoms with Crippen molar-refractivity contribution in [1.29, 1.82) is 0 Å². The molecule has 8 rings (SSSR count). The Hall–Kier alpha value is -6.61. The summed E-state index contributed by atoms with van der Waals surface area (Å²) in [5.41, 5.74) is 4.64. The van der Waals surface area contributed by atoms with Crippen molar-refractivity contribution in [2.75, 3.05) is 6.66 Å². The molecule has 0 aliphatic carbocycles. The third-order valence-electron chi connectivity index (χ3n) is 10.3. The summed E-state index contributed by atoms with van der Waals surface area (Å²) in [6.45, 7) is 7.77. The van der Waals surface area contributed by atoms with Crippen LogP contribution in [0.3, 0.4) is 0 Å². The van der Waals surface area contributed by atoms with Crippen LogP contribution < -0.4 is 38.6 Å². The molecule has 0 radical (unpaired) electrons. The van der Waals surface area contributed by atoms with Crippen LogP contribution in [0.1, 0.15) is 70.9 Å². The molecule has 0 saturated heterocycles. The van der Waals surface area contributed by atoms with Crippen LogP contribution in [0.2, 0.25) is 0 Å². The first-order valence-electron chi connectivity index (χ1n) is 20.3. The number of rotatable bonds is 9. The van der Waals surface area contributed by atoms with Crippen LogP contribution in [0.5, 0.6) is 46.0 Å². The van der Waals surface area contributed by atoms with E-state index in [1.54, 1.807) is 109 Å². The molecule has 0 unspecified atom stereocenters. The van der Waals surface area contributed by atoms with E-state index in [0.29, 0.717) is 17.2 Å². The topological polar surface area (TPSA) is 157 Å². The molecule has 0 atom stereocenters. The SMILES string of the molecule is C.C.C.CC(C)(c1ccc(O)cc1)c1ccc(O)cc1.CC(c1ccc(O)cc1)(c1ccc(O)cc1)c1ccc(O)cc1.CP(=O)(Oc1ccccc1)Oc1ccccc1.Oc1ccccc1.[Na+]. The summed E-state index contributed by atoms with van der Waals surface area (Å²) in [7, 11) is -3.14. The first-order valence-corrected chi connectivity index (χ1v) is 22.3. The molecule has 0 bridgehead atoms. The van der Waals surface area contributed by atoms with Gasteiger partial charge in [0.25, 0.3) is 0 Å². The molecule has 0 spiro atoms. The van der Waals surface area contributed by atoms with Gasteiger partial charge in [0, 0.05) is 10.8 Å². The third-order valence-corrected chi connectivity index (χ3v) is 11.4. The van der Waals surface area contributed by atoms with Gasteiger partial charge in [-0.05, 0) is 132 Å². The largest absolute Gasteiger partial charge is 1.00 e. The first kappa shape index (κ1) is 59.4. The molecule has 0 aliphatic rings. The van der Waals surface area contributed by atoms with Crippen molar-refractivity contribution in [1.82, 2.24) is 0 Å². The molecule has 0 heterocycles. The Kier molecular flexibility index (Phi) is 24.4. The van der Waals surface area contributed by atoms with Gasteiger partial charge in [-0.3, -0.25) is 0 Å². The number of benzene rings is 8. The summed E-state index contributed by atoms with van der Waals surface area (Å²) in [6, 6.07) is 62.4. The fourth-order valence-electron chi connectivity index (χ4n) is 6.60. The quantitative estimate of drug-likeness (QED) is 0.0471. The molecule has 0 saturated carbocycles. The van der Waals surface area contributed by atoms with Gasteiger partial charge in [-0.2, -0.15) is 0 Å². The minimum absolute atomic E-state index is 0. The maximum Gasteiger partial charge on any atom is 1.00 e. The van der Waals surface area contributed by atoms with Crippen LogP contribution in [-0.4, -0.2) is 37.3 Å². The van der Waals surface area contributed by atoms with Gasteiger partial charge in [0.15, 0.2) is 0 Å². The molecular formula is C57H65NaO9P+. The maximum atomic E-state index is 12.1. The molecule has 68 heavy (non-hydrogen) atoms. The molecule has 352 valence electrons. The summed E-state index contributed by atoms with van der Waals surface area (Å²) in [5, 5.41) is 55.9. The van der Waals surface area contributed by atoms with E-state index < -0.39 is 13.0 Å². The number of aromatic hydroxyl groups is 6. The zero-order valence-electron chi connectivity index (χ0n) is 37.1. The minimum Gasteiger partial charge on any atom is -0.508 e. The van der Waals surface area contributed by atoms with Gasteiger partial charge in [-0.25, -0.2) is 4.57 Å². The summed E-state index contributed by atoms with van der Waals surface area (Å²) in [5.74, 6) is 2.59. The number of hydrogen-bond donors (Lipinski definition) is 6. The Morgan fingerprint density at radius 3 is 0.765 bits per heavy atom. The molecule has 11 heteroatoms. The smallest absolute Gasteiger partial charge is 0.508 e. The standard InChI is InChI=1S/C20H18O3.C15H16O2.C13H13O3P.C6H6O.3CH4.Na/c1-20(14-2-8-17(21)9-3-14,15-4-10-18(22)11-5-15)16-6-12-19(23)13-7-16;1-15(2,11-3-7-13(16)8-4-11)12-5-9-14(17)10-6-12;1-17(14,15-12-8-4-2-5-9-12)16-13-10-6-3-7-11-13;7-6-4-2-1-3-5-6;;;;/h2-13,21-23H,1H3;3-10,16-17H,1-2H3;2-11H,1H3;1-5,7H;3*1H4;/q;;;;;;;+1. The number of hydrogen-bond acceptors (Lipinski definition) is 9. The summed E-state index contributed by atoms with van der Waals surface area (Å²) in [6.07, 6.45) is 0. The Morgan fingerprint density at radius 2 is 0.544 bits per heavy atom. The van der Waals surface area contributed by atoms with E-state index >= 15 is 0 Å². The number of para-hydroxylation sites is 3. The van der Waals surface area contributed by atoms with E-state index in [-0.39, 0.29) is 86.0 Å². The van der Waals surface area contributed by atoms with E-state index in [2.05, 4.69) is 20.8 Å². The van der Waals surface area contributed by atoms with Crippen molar-refractivity contribution < 1.29 is 73.8 Å². The summed E-state index contributed by atoms with van der Waals surface area (Å²) in [4.78, 5) is 0. The molecule has 8 aromatic carbocycles. The second-order valence-electron chi connectivity index (χ2n) is 15.4. The molecule has 0 fully saturated rings. The van der Waals surface area contributed by atoms with E-state index in [1.807, 2.05) is 103 Å². The van der Waals surface area contributed by atoms with Gasteiger partial charge in [0.2, 0.25) is 0 Å². The van der Waals surface area contributed by atoms with Crippen LogP contribution in [0.15, 0.2) is 212 Å². The van der Waals surface area contributed by atoms with Crippen molar-refractivity contribution in [3.8, 4) is 46.0 Å². The summed E-state index contributed by atoms with van der Waals surface area (Å²) < 4.78 is 22.8. The molecule has 6 N–H and O–H groups in total. The second-order valence-corrected chi connectivity index (χ2v) is 17.3. The van der Waals surface area contributed by atoms with Crippen LogP contribution >= 0.6 is 7.60 Å². The van der Waals surface area contributed by atoms with Crippen molar-refractivity contribution >= 4 is 7.60 Å². The maximum absolute atomic E-state index is 12.1. The average molecular weight is 948 g/mol. The normalized spacial score (nSPS) is 10.3. The van der Waals surface area contributed by atoms with Crippen molar-refractivity contribution in [3.05, 3.63) is 240 Å². The molecule has 0 amide bonds. The van der Waals surface area contributed by atoms with Crippen molar-refractivity contribution in [2.24, 2.45) is 0 Å². The van der Waals surface area contributed by atoms with Gasteiger partial charge >= 0.3 is 37.2 Å². The van der Waals surface area contributed by atoms with E-state index in [9.17, 15) is 30.1 Å². The van der Waals surface area contributed by atoms with Gasteiger partial charge in [0.05, 0.1) is 6.66 Å². The fourth-order valence-corrected chi connectivity index (χ4v) is 7.65. The van der Waals surface area contributed by atoms with Crippen molar-refractivity contribution in [3.63, 3.8) is 0 Å².